The first-order valence-electron chi connectivity index (χ1n) is 4.88. The van der Waals surface area contributed by atoms with Gasteiger partial charge in [0.25, 0.3) is 0 Å². The van der Waals surface area contributed by atoms with Crippen molar-refractivity contribution in [3.8, 4) is 0 Å². The van der Waals surface area contributed by atoms with Gasteiger partial charge in [0.15, 0.2) is 0 Å². The van der Waals surface area contributed by atoms with E-state index in [-0.39, 0.29) is 11.7 Å². The van der Waals surface area contributed by atoms with E-state index in [1.54, 1.807) is 24.3 Å². The van der Waals surface area contributed by atoms with Crippen LogP contribution in [0.1, 0.15) is 25.3 Å². The van der Waals surface area contributed by atoms with Crippen LogP contribution >= 0.6 is 0 Å². The molecule has 0 aliphatic heterocycles. The Balaban J connectivity index is 2.70. The van der Waals surface area contributed by atoms with Crippen molar-refractivity contribution in [3.63, 3.8) is 0 Å². The summed E-state index contributed by atoms with van der Waals surface area (Å²) in [5.41, 5.74) is 6.74. The van der Waals surface area contributed by atoms with Gasteiger partial charge >= 0.3 is 0 Å². The second-order valence-electron chi connectivity index (χ2n) is 3.26. The van der Waals surface area contributed by atoms with E-state index >= 15 is 0 Å². The molecule has 80 valence electrons. The van der Waals surface area contributed by atoms with Gasteiger partial charge < -0.3 is 11.1 Å². The first-order chi connectivity index (χ1) is 7.15. The largest absolute Gasteiger partial charge is 0.398 e. The predicted molar refractivity (Wildman–Crippen MR) is 60.7 cm³/mol. The summed E-state index contributed by atoms with van der Waals surface area (Å²) in [5, 5.41) is 10.2. The highest BCUT2D eigenvalue weighted by atomic mass is 16.1. The van der Waals surface area contributed by atoms with Crippen molar-refractivity contribution in [2.75, 3.05) is 5.73 Å². The molecule has 1 amide bonds. The van der Waals surface area contributed by atoms with E-state index in [1.807, 2.05) is 6.92 Å². The monoisotopic (exact) mass is 205 g/mol. The summed E-state index contributed by atoms with van der Waals surface area (Å²) in [5.74, 6) is -0.0858. The topological polar surface area (TPSA) is 79.0 Å². The number of nitrogen functional groups attached to an aromatic ring is 1. The molecule has 1 aromatic rings. The summed E-state index contributed by atoms with van der Waals surface area (Å²) in [6, 6.07) is 6.99. The molecule has 0 unspecified atom stereocenters. The molecular formula is C11H15N3O. The SMILES string of the molecule is CCCC(=O)NC(=N)c1ccccc1N. The van der Waals surface area contributed by atoms with Gasteiger partial charge in [0, 0.05) is 17.7 Å². The van der Waals surface area contributed by atoms with Gasteiger partial charge in [-0.25, -0.2) is 0 Å². The van der Waals surface area contributed by atoms with Gasteiger partial charge in [-0.2, -0.15) is 0 Å². The lowest BCUT2D eigenvalue weighted by molar-refractivity contribution is -0.119. The molecule has 1 rings (SSSR count). The third kappa shape index (κ3) is 3.09. The van der Waals surface area contributed by atoms with E-state index < -0.39 is 0 Å². The number of hydrogen-bond acceptors (Lipinski definition) is 3. The zero-order chi connectivity index (χ0) is 11.3. The summed E-state index contributed by atoms with van der Waals surface area (Å²) in [6.07, 6.45) is 1.19. The third-order valence-electron chi connectivity index (χ3n) is 1.97. The van der Waals surface area contributed by atoms with Crippen LogP contribution in [0.15, 0.2) is 24.3 Å². The van der Waals surface area contributed by atoms with Crippen molar-refractivity contribution in [1.29, 1.82) is 5.41 Å². The molecule has 15 heavy (non-hydrogen) atoms. The lowest BCUT2D eigenvalue weighted by Gasteiger charge is -2.08. The van der Waals surface area contributed by atoms with E-state index in [4.69, 9.17) is 11.1 Å². The Labute approximate surface area is 89.0 Å². The van der Waals surface area contributed by atoms with Crippen molar-refractivity contribution in [3.05, 3.63) is 29.8 Å². The molecule has 0 aliphatic carbocycles. The molecule has 0 radical (unpaired) electrons. The van der Waals surface area contributed by atoms with Crippen molar-refractivity contribution in [1.82, 2.24) is 5.32 Å². The number of para-hydroxylation sites is 1. The van der Waals surface area contributed by atoms with Gasteiger partial charge in [-0.05, 0) is 18.6 Å². The minimum atomic E-state index is -0.147. The number of carbonyl (C=O) groups is 1. The van der Waals surface area contributed by atoms with Gasteiger partial charge in [-0.1, -0.05) is 19.1 Å². The molecule has 0 heterocycles. The summed E-state index contributed by atoms with van der Waals surface area (Å²) >= 11 is 0. The summed E-state index contributed by atoms with van der Waals surface area (Å²) in [4.78, 5) is 11.2. The van der Waals surface area contributed by atoms with Crippen LogP contribution in [0.3, 0.4) is 0 Å². The Morgan fingerprint density at radius 1 is 1.47 bits per heavy atom. The van der Waals surface area contributed by atoms with Gasteiger partial charge in [-0.3, -0.25) is 10.2 Å². The highest BCUT2D eigenvalue weighted by Gasteiger charge is 2.07. The number of amides is 1. The molecule has 1 aromatic carbocycles. The van der Waals surface area contributed by atoms with Crippen molar-refractivity contribution in [2.45, 2.75) is 19.8 Å². The number of nitrogens with one attached hydrogen (secondary N) is 2. The number of hydrogen-bond donors (Lipinski definition) is 3. The quantitative estimate of drug-likeness (QED) is 0.397. The van der Waals surface area contributed by atoms with Crippen LogP contribution in [0.2, 0.25) is 0 Å². The Bertz CT molecular complexity index is 374. The maximum absolute atomic E-state index is 11.2. The van der Waals surface area contributed by atoms with Crippen molar-refractivity contribution in [2.24, 2.45) is 0 Å². The third-order valence-corrected chi connectivity index (χ3v) is 1.97. The highest BCUT2D eigenvalue weighted by Crippen LogP contribution is 2.09. The number of benzene rings is 1. The number of carbonyl (C=O) groups excluding carboxylic acids is 1. The number of nitrogens with two attached hydrogens (primary N) is 1. The van der Waals surface area contributed by atoms with E-state index in [2.05, 4.69) is 5.32 Å². The molecule has 0 bridgehead atoms. The van der Waals surface area contributed by atoms with Gasteiger partial charge in [0.1, 0.15) is 5.84 Å². The molecule has 0 spiro atoms. The molecule has 0 aromatic heterocycles. The normalized spacial score (nSPS) is 9.67. The summed E-state index contributed by atoms with van der Waals surface area (Å²) < 4.78 is 0. The van der Waals surface area contributed by atoms with E-state index in [0.717, 1.165) is 6.42 Å². The zero-order valence-electron chi connectivity index (χ0n) is 8.71. The lowest BCUT2D eigenvalue weighted by atomic mass is 10.1. The molecule has 0 fully saturated rings. The van der Waals surface area contributed by atoms with Crippen LogP contribution < -0.4 is 11.1 Å². The number of amidine groups is 1. The average Bonchev–Trinajstić information content (AvgIpc) is 2.18. The maximum Gasteiger partial charge on any atom is 0.225 e. The fourth-order valence-corrected chi connectivity index (χ4v) is 1.22. The Morgan fingerprint density at radius 2 is 2.13 bits per heavy atom. The minimum absolute atomic E-state index is 0.0616. The van der Waals surface area contributed by atoms with Crippen LogP contribution in [0.5, 0.6) is 0 Å². The fourth-order valence-electron chi connectivity index (χ4n) is 1.22. The standard InChI is InChI=1S/C11H15N3O/c1-2-5-10(15)14-11(13)8-6-3-4-7-9(8)12/h3-4,6-7H,2,5,12H2,1H3,(H2,13,14,15). The van der Waals surface area contributed by atoms with Gasteiger partial charge in [0.2, 0.25) is 5.91 Å². The van der Waals surface area contributed by atoms with Crippen LogP contribution in [-0.4, -0.2) is 11.7 Å². The smallest absolute Gasteiger partial charge is 0.225 e. The van der Waals surface area contributed by atoms with Crippen molar-refractivity contribution < 1.29 is 4.79 Å². The van der Waals surface area contributed by atoms with Crippen molar-refractivity contribution >= 4 is 17.4 Å². The van der Waals surface area contributed by atoms with E-state index in [1.165, 1.54) is 0 Å². The molecule has 4 nitrogen and oxygen atoms in total. The van der Waals surface area contributed by atoms with Crippen LogP contribution in [0, 0.1) is 5.41 Å². The van der Waals surface area contributed by atoms with Gasteiger partial charge in [-0.15, -0.1) is 0 Å². The summed E-state index contributed by atoms with van der Waals surface area (Å²) in [6.45, 7) is 1.92. The molecule has 0 saturated heterocycles. The predicted octanol–water partition coefficient (Wildman–Crippen LogP) is 1.51. The first kappa shape index (κ1) is 11.2. The summed E-state index contributed by atoms with van der Waals surface area (Å²) in [7, 11) is 0. The Morgan fingerprint density at radius 3 is 2.73 bits per heavy atom. The second kappa shape index (κ2) is 5.14. The van der Waals surface area contributed by atoms with E-state index in [9.17, 15) is 4.79 Å². The Kier molecular flexibility index (Phi) is 3.85. The number of anilines is 1. The molecule has 0 aliphatic rings. The number of rotatable bonds is 3. The fraction of sp³-hybridized carbons (Fsp3) is 0.273. The maximum atomic E-state index is 11.2. The molecule has 0 atom stereocenters. The average molecular weight is 205 g/mol. The van der Waals surface area contributed by atoms with Crippen LogP contribution in [0.25, 0.3) is 0 Å². The van der Waals surface area contributed by atoms with Crippen LogP contribution in [0.4, 0.5) is 5.69 Å². The van der Waals surface area contributed by atoms with Gasteiger partial charge in [0.05, 0.1) is 0 Å². The zero-order valence-corrected chi connectivity index (χ0v) is 8.71. The minimum Gasteiger partial charge on any atom is -0.398 e. The molecule has 0 saturated carbocycles. The van der Waals surface area contributed by atoms with E-state index in [0.29, 0.717) is 17.7 Å². The first-order valence-corrected chi connectivity index (χ1v) is 4.88. The lowest BCUT2D eigenvalue weighted by Crippen LogP contribution is -2.30. The second-order valence-corrected chi connectivity index (χ2v) is 3.26. The molecule has 4 heteroatoms. The Hall–Kier alpha value is -1.84. The highest BCUT2D eigenvalue weighted by molar-refractivity contribution is 6.08. The van der Waals surface area contributed by atoms with Crippen LogP contribution in [-0.2, 0) is 4.79 Å². The molecular weight excluding hydrogens is 190 g/mol. The molecule has 4 N–H and O–H groups in total.